The summed E-state index contributed by atoms with van der Waals surface area (Å²) < 4.78 is 5.13. The Morgan fingerprint density at radius 2 is 1.70 bits per heavy atom. The topological polar surface area (TPSA) is 59.9 Å². The lowest BCUT2D eigenvalue weighted by Crippen LogP contribution is -2.04. The molecule has 1 aromatic heterocycles. The Labute approximate surface area is 116 Å². The highest BCUT2D eigenvalue weighted by molar-refractivity contribution is 5.74. The van der Waals surface area contributed by atoms with E-state index in [4.69, 9.17) is 4.74 Å². The Hall–Kier alpha value is -2.69. The van der Waals surface area contributed by atoms with Gasteiger partial charge in [-0.15, -0.1) is 10.2 Å². The number of ether oxygens (including phenoxy) is 1. The average molecular weight is 266 g/mol. The maximum atomic E-state index is 5.13. The first-order valence-electron chi connectivity index (χ1n) is 6.31. The molecule has 3 rings (SSSR count). The highest BCUT2D eigenvalue weighted by Crippen LogP contribution is 2.13. The molecule has 2 aromatic carbocycles. The SMILES string of the molecule is COc1ccc(CNc2nnc3ccccc3n2)cc1. The zero-order chi connectivity index (χ0) is 13.8. The van der Waals surface area contributed by atoms with Crippen LogP contribution < -0.4 is 10.1 Å². The molecule has 0 amide bonds. The Bertz CT molecular complexity index is 712. The number of hydrogen-bond acceptors (Lipinski definition) is 5. The molecule has 0 aliphatic heterocycles. The molecule has 5 nitrogen and oxygen atoms in total. The van der Waals surface area contributed by atoms with E-state index in [0.717, 1.165) is 22.3 Å². The van der Waals surface area contributed by atoms with Crippen molar-refractivity contribution in [2.75, 3.05) is 12.4 Å². The van der Waals surface area contributed by atoms with E-state index >= 15 is 0 Å². The van der Waals surface area contributed by atoms with Gasteiger partial charge in [-0.3, -0.25) is 0 Å². The minimum absolute atomic E-state index is 0.527. The van der Waals surface area contributed by atoms with Crippen LogP contribution >= 0.6 is 0 Å². The normalized spacial score (nSPS) is 10.4. The molecule has 1 heterocycles. The molecular formula is C15H14N4O. The van der Waals surface area contributed by atoms with Gasteiger partial charge in [0.1, 0.15) is 11.3 Å². The number of hydrogen-bond donors (Lipinski definition) is 1. The molecule has 0 aliphatic carbocycles. The smallest absolute Gasteiger partial charge is 0.243 e. The van der Waals surface area contributed by atoms with Crippen LogP contribution in [0.2, 0.25) is 0 Å². The van der Waals surface area contributed by atoms with Gasteiger partial charge in [0.05, 0.1) is 12.6 Å². The summed E-state index contributed by atoms with van der Waals surface area (Å²) in [4.78, 5) is 4.41. The Morgan fingerprint density at radius 3 is 2.45 bits per heavy atom. The summed E-state index contributed by atoms with van der Waals surface area (Å²) in [6.07, 6.45) is 0. The van der Waals surface area contributed by atoms with Crippen LogP contribution in [0, 0.1) is 0 Å². The molecular weight excluding hydrogens is 252 g/mol. The molecule has 0 unspecified atom stereocenters. The number of para-hydroxylation sites is 1. The summed E-state index contributed by atoms with van der Waals surface area (Å²) in [6.45, 7) is 0.643. The molecule has 0 aliphatic rings. The fourth-order valence-electron chi connectivity index (χ4n) is 1.88. The van der Waals surface area contributed by atoms with Gasteiger partial charge in [0, 0.05) is 6.54 Å². The maximum absolute atomic E-state index is 5.13. The van der Waals surface area contributed by atoms with Crippen molar-refractivity contribution in [1.29, 1.82) is 0 Å². The Morgan fingerprint density at radius 1 is 0.950 bits per heavy atom. The second-order valence-corrected chi connectivity index (χ2v) is 4.33. The zero-order valence-corrected chi connectivity index (χ0v) is 11.1. The number of methoxy groups -OCH3 is 1. The maximum Gasteiger partial charge on any atom is 0.243 e. The van der Waals surface area contributed by atoms with Crippen molar-refractivity contribution >= 4 is 17.0 Å². The number of fused-ring (bicyclic) bond motifs is 1. The lowest BCUT2D eigenvalue weighted by molar-refractivity contribution is 0.414. The third-order valence-corrected chi connectivity index (χ3v) is 2.97. The first-order valence-corrected chi connectivity index (χ1v) is 6.31. The number of nitrogens with zero attached hydrogens (tertiary/aromatic N) is 3. The molecule has 3 aromatic rings. The highest BCUT2D eigenvalue weighted by Gasteiger charge is 2.01. The van der Waals surface area contributed by atoms with Crippen LogP contribution in [0.3, 0.4) is 0 Å². The van der Waals surface area contributed by atoms with Gasteiger partial charge in [0.2, 0.25) is 5.95 Å². The first-order chi connectivity index (χ1) is 9.85. The second kappa shape index (κ2) is 5.52. The van der Waals surface area contributed by atoms with Crippen LogP contribution in [0.5, 0.6) is 5.75 Å². The fraction of sp³-hybridized carbons (Fsp3) is 0.133. The molecule has 0 fully saturated rings. The highest BCUT2D eigenvalue weighted by atomic mass is 16.5. The Kier molecular flexibility index (Phi) is 3.41. The zero-order valence-electron chi connectivity index (χ0n) is 11.1. The van der Waals surface area contributed by atoms with Gasteiger partial charge in [0.25, 0.3) is 0 Å². The summed E-state index contributed by atoms with van der Waals surface area (Å²) in [5.41, 5.74) is 2.75. The molecule has 100 valence electrons. The van der Waals surface area contributed by atoms with E-state index in [1.807, 2.05) is 48.5 Å². The quantitative estimate of drug-likeness (QED) is 0.786. The van der Waals surface area contributed by atoms with Crippen molar-refractivity contribution in [3.63, 3.8) is 0 Å². The van der Waals surface area contributed by atoms with E-state index in [1.165, 1.54) is 0 Å². The van der Waals surface area contributed by atoms with E-state index in [9.17, 15) is 0 Å². The van der Waals surface area contributed by atoms with Crippen LogP contribution in [0.25, 0.3) is 11.0 Å². The van der Waals surface area contributed by atoms with Crippen molar-refractivity contribution in [2.24, 2.45) is 0 Å². The monoisotopic (exact) mass is 266 g/mol. The number of benzene rings is 2. The minimum atomic E-state index is 0.527. The lowest BCUT2D eigenvalue weighted by Gasteiger charge is -2.06. The summed E-state index contributed by atoms with van der Waals surface area (Å²) >= 11 is 0. The van der Waals surface area contributed by atoms with Gasteiger partial charge in [0.15, 0.2) is 0 Å². The standard InChI is InChI=1S/C15H14N4O/c1-20-12-8-6-11(7-9-12)10-16-15-17-13-4-2-3-5-14(13)18-19-15/h2-9H,10H2,1H3,(H,16,17,19). The Balaban J connectivity index is 1.72. The van der Waals surface area contributed by atoms with Gasteiger partial charge in [-0.25, -0.2) is 4.98 Å². The molecule has 0 saturated heterocycles. The predicted molar refractivity (Wildman–Crippen MR) is 77.7 cm³/mol. The first kappa shape index (κ1) is 12.3. The van der Waals surface area contributed by atoms with Gasteiger partial charge in [-0.1, -0.05) is 24.3 Å². The molecule has 0 spiro atoms. The van der Waals surface area contributed by atoms with Crippen LogP contribution in [-0.4, -0.2) is 22.3 Å². The molecule has 0 bridgehead atoms. The minimum Gasteiger partial charge on any atom is -0.497 e. The van der Waals surface area contributed by atoms with E-state index in [2.05, 4.69) is 20.5 Å². The van der Waals surface area contributed by atoms with E-state index in [-0.39, 0.29) is 0 Å². The van der Waals surface area contributed by atoms with Crippen LogP contribution in [0.1, 0.15) is 5.56 Å². The van der Waals surface area contributed by atoms with Crippen LogP contribution in [0.4, 0.5) is 5.95 Å². The van der Waals surface area contributed by atoms with Gasteiger partial charge >= 0.3 is 0 Å². The fourth-order valence-corrected chi connectivity index (χ4v) is 1.88. The molecule has 0 radical (unpaired) electrons. The number of nitrogens with one attached hydrogen (secondary N) is 1. The predicted octanol–water partition coefficient (Wildman–Crippen LogP) is 2.65. The van der Waals surface area contributed by atoms with Gasteiger partial charge in [-0.2, -0.15) is 0 Å². The van der Waals surface area contributed by atoms with Gasteiger partial charge < -0.3 is 10.1 Å². The molecule has 1 N–H and O–H groups in total. The van der Waals surface area contributed by atoms with E-state index in [0.29, 0.717) is 12.5 Å². The van der Waals surface area contributed by atoms with Crippen molar-refractivity contribution in [3.8, 4) is 5.75 Å². The van der Waals surface area contributed by atoms with Gasteiger partial charge in [-0.05, 0) is 29.8 Å². The lowest BCUT2D eigenvalue weighted by atomic mass is 10.2. The number of aromatic nitrogens is 3. The third-order valence-electron chi connectivity index (χ3n) is 2.97. The van der Waals surface area contributed by atoms with E-state index in [1.54, 1.807) is 7.11 Å². The molecule has 5 heteroatoms. The molecule has 0 atom stereocenters. The second-order valence-electron chi connectivity index (χ2n) is 4.33. The average Bonchev–Trinajstić information content (AvgIpc) is 2.53. The van der Waals surface area contributed by atoms with Crippen molar-refractivity contribution < 1.29 is 4.74 Å². The van der Waals surface area contributed by atoms with Crippen molar-refractivity contribution in [3.05, 3.63) is 54.1 Å². The van der Waals surface area contributed by atoms with E-state index < -0.39 is 0 Å². The number of anilines is 1. The third kappa shape index (κ3) is 2.66. The van der Waals surface area contributed by atoms with Crippen molar-refractivity contribution in [1.82, 2.24) is 15.2 Å². The number of rotatable bonds is 4. The summed E-state index contributed by atoms with van der Waals surface area (Å²) in [6, 6.07) is 15.5. The van der Waals surface area contributed by atoms with Crippen molar-refractivity contribution in [2.45, 2.75) is 6.54 Å². The molecule has 0 saturated carbocycles. The summed E-state index contributed by atoms with van der Waals surface area (Å²) in [5.74, 6) is 1.37. The summed E-state index contributed by atoms with van der Waals surface area (Å²) in [7, 11) is 1.65. The van der Waals surface area contributed by atoms with Crippen LogP contribution in [-0.2, 0) is 6.54 Å². The largest absolute Gasteiger partial charge is 0.497 e. The van der Waals surface area contributed by atoms with Crippen LogP contribution in [0.15, 0.2) is 48.5 Å². The molecule has 20 heavy (non-hydrogen) atoms. The summed E-state index contributed by atoms with van der Waals surface area (Å²) in [5, 5.41) is 11.3.